The van der Waals surface area contributed by atoms with Gasteiger partial charge in [0.05, 0.1) is 11.3 Å². The normalized spacial score (nSPS) is 26.6. The van der Waals surface area contributed by atoms with Gasteiger partial charge in [0.2, 0.25) is 0 Å². The van der Waals surface area contributed by atoms with Crippen molar-refractivity contribution in [3.8, 4) is 0 Å². The molecule has 2 aromatic rings. The first-order valence-corrected chi connectivity index (χ1v) is 8.85. The van der Waals surface area contributed by atoms with Crippen LogP contribution in [0, 0.1) is 0 Å². The van der Waals surface area contributed by atoms with E-state index in [1.807, 2.05) is 29.4 Å². The van der Waals surface area contributed by atoms with Crippen LogP contribution in [0.5, 0.6) is 0 Å². The molecule has 5 rings (SSSR count). The van der Waals surface area contributed by atoms with E-state index >= 15 is 0 Å². The number of nitrogens with one attached hydrogen (secondary N) is 3. The van der Waals surface area contributed by atoms with Gasteiger partial charge < -0.3 is 5.32 Å². The summed E-state index contributed by atoms with van der Waals surface area (Å²) in [5.74, 6) is -0.00381. The molecule has 128 valence electrons. The minimum absolute atomic E-state index is 0.00381. The first-order valence-electron chi connectivity index (χ1n) is 8.85. The Morgan fingerprint density at radius 3 is 2.68 bits per heavy atom. The Kier molecular flexibility index (Phi) is 3.48. The molecule has 2 fully saturated rings. The van der Waals surface area contributed by atoms with Crippen molar-refractivity contribution in [1.29, 1.82) is 0 Å². The summed E-state index contributed by atoms with van der Waals surface area (Å²) >= 11 is 0. The predicted octanol–water partition coefficient (Wildman–Crippen LogP) is 1.47. The predicted molar refractivity (Wildman–Crippen MR) is 97.3 cm³/mol. The molecule has 25 heavy (non-hydrogen) atoms. The van der Waals surface area contributed by atoms with Gasteiger partial charge >= 0.3 is 0 Å². The molecule has 3 heterocycles. The summed E-state index contributed by atoms with van der Waals surface area (Å²) in [6.45, 7) is 2.05. The van der Waals surface area contributed by atoms with Crippen LogP contribution in [-0.4, -0.2) is 36.4 Å². The topological polar surface area (TPSA) is 59.6 Å². The highest BCUT2D eigenvalue weighted by Gasteiger charge is 2.38. The number of anilines is 1. The van der Waals surface area contributed by atoms with E-state index < -0.39 is 0 Å². The van der Waals surface area contributed by atoms with Crippen LogP contribution in [0.4, 0.5) is 5.69 Å². The summed E-state index contributed by atoms with van der Waals surface area (Å²) in [7, 11) is 0. The molecule has 6 nitrogen and oxygen atoms in total. The van der Waals surface area contributed by atoms with Crippen molar-refractivity contribution in [2.45, 2.75) is 25.3 Å². The molecule has 2 unspecified atom stereocenters. The first-order chi connectivity index (χ1) is 12.3. The van der Waals surface area contributed by atoms with Gasteiger partial charge in [-0.1, -0.05) is 36.4 Å². The molecule has 6 heteroatoms. The van der Waals surface area contributed by atoms with E-state index in [0.29, 0.717) is 0 Å². The van der Waals surface area contributed by atoms with Crippen LogP contribution in [0.2, 0.25) is 0 Å². The van der Waals surface area contributed by atoms with Gasteiger partial charge in [0, 0.05) is 24.7 Å². The zero-order valence-corrected chi connectivity index (χ0v) is 13.9. The Morgan fingerprint density at radius 2 is 1.80 bits per heavy atom. The number of likely N-dealkylation sites (tertiary alicyclic amines) is 1. The maximum atomic E-state index is 12.6. The van der Waals surface area contributed by atoms with Crippen molar-refractivity contribution >= 4 is 22.4 Å². The molecule has 3 aliphatic heterocycles. The van der Waals surface area contributed by atoms with Gasteiger partial charge in [-0.2, -0.15) is 0 Å². The minimum atomic E-state index is -0.168. The SMILES string of the molecule is O=C1NC(N2CCCC2)NC2NN(c3cccc4ccccc34)C=C12. The van der Waals surface area contributed by atoms with Crippen LogP contribution in [0.3, 0.4) is 0 Å². The largest absolute Gasteiger partial charge is 0.324 e. The molecule has 0 aromatic heterocycles. The molecular formula is C19H21N5O. The second-order valence-corrected chi connectivity index (χ2v) is 6.80. The Bertz CT molecular complexity index is 853. The highest BCUT2D eigenvalue weighted by Crippen LogP contribution is 2.29. The van der Waals surface area contributed by atoms with Gasteiger partial charge in [-0.25, -0.2) is 5.43 Å². The number of rotatable bonds is 2. The lowest BCUT2D eigenvalue weighted by atomic mass is 10.1. The van der Waals surface area contributed by atoms with Crippen LogP contribution in [0.25, 0.3) is 10.8 Å². The lowest BCUT2D eigenvalue weighted by Gasteiger charge is -2.36. The highest BCUT2D eigenvalue weighted by molar-refractivity contribution is 5.99. The van der Waals surface area contributed by atoms with E-state index in [1.54, 1.807) is 0 Å². The van der Waals surface area contributed by atoms with Gasteiger partial charge in [-0.05, 0) is 24.3 Å². The van der Waals surface area contributed by atoms with E-state index in [1.165, 1.54) is 18.2 Å². The molecular weight excluding hydrogens is 314 g/mol. The fourth-order valence-corrected chi connectivity index (χ4v) is 3.94. The number of fused-ring (bicyclic) bond motifs is 2. The Hall–Kier alpha value is -2.41. The number of hydrazine groups is 1. The summed E-state index contributed by atoms with van der Waals surface area (Å²) in [6.07, 6.45) is 4.01. The summed E-state index contributed by atoms with van der Waals surface area (Å²) in [4.78, 5) is 14.9. The molecule has 2 aromatic carbocycles. The van der Waals surface area contributed by atoms with Crippen LogP contribution < -0.4 is 21.1 Å². The first kappa shape index (κ1) is 14.9. The lowest BCUT2D eigenvalue weighted by Crippen LogP contribution is -2.66. The molecule has 0 spiro atoms. The Morgan fingerprint density at radius 1 is 1.00 bits per heavy atom. The second kappa shape index (κ2) is 5.84. The molecule has 3 aliphatic rings. The third kappa shape index (κ3) is 2.50. The molecule has 0 saturated carbocycles. The highest BCUT2D eigenvalue weighted by atomic mass is 16.2. The van der Waals surface area contributed by atoms with E-state index in [2.05, 4.69) is 45.2 Å². The van der Waals surface area contributed by atoms with Crippen LogP contribution in [-0.2, 0) is 4.79 Å². The number of hydrogen-bond donors (Lipinski definition) is 3. The number of nitrogens with zero attached hydrogens (tertiary/aromatic N) is 2. The van der Waals surface area contributed by atoms with E-state index in [4.69, 9.17) is 0 Å². The second-order valence-electron chi connectivity index (χ2n) is 6.80. The average molecular weight is 335 g/mol. The summed E-state index contributed by atoms with van der Waals surface area (Å²) in [5, 5.41) is 10.9. The fourth-order valence-electron chi connectivity index (χ4n) is 3.94. The molecule has 0 aliphatic carbocycles. The zero-order valence-electron chi connectivity index (χ0n) is 13.9. The van der Waals surface area contributed by atoms with Crippen molar-refractivity contribution in [3.63, 3.8) is 0 Å². The van der Waals surface area contributed by atoms with Gasteiger partial charge in [0.15, 0.2) is 0 Å². The van der Waals surface area contributed by atoms with Gasteiger partial charge in [0.25, 0.3) is 5.91 Å². The number of carbonyl (C=O) groups excluding carboxylic acids is 1. The molecule has 0 bridgehead atoms. The lowest BCUT2D eigenvalue weighted by molar-refractivity contribution is -0.121. The number of benzene rings is 2. The number of hydrogen-bond acceptors (Lipinski definition) is 5. The molecule has 3 N–H and O–H groups in total. The minimum Gasteiger partial charge on any atom is -0.324 e. The summed E-state index contributed by atoms with van der Waals surface area (Å²) < 4.78 is 0. The van der Waals surface area contributed by atoms with Crippen molar-refractivity contribution in [2.24, 2.45) is 0 Å². The van der Waals surface area contributed by atoms with Crippen molar-refractivity contribution in [2.75, 3.05) is 18.1 Å². The summed E-state index contributed by atoms with van der Waals surface area (Å²) in [5.41, 5.74) is 5.20. The van der Waals surface area contributed by atoms with Crippen molar-refractivity contribution in [3.05, 3.63) is 54.2 Å². The zero-order chi connectivity index (χ0) is 16.8. The maximum absolute atomic E-state index is 12.6. The van der Waals surface area contributed by atoms with Crippen LogP contribution in [0.15, 0.2) is 54.2 Å². The van der Waals surface area contributed by atoms with E-state index in [0.717, 1.165) is 29.7 Å². The smallest absolute Gasteiger partial charge is 0.254 e. The molecule has 1 amide bonds. The van der Waals surface area contributed by atoms with E-state index in [-0.39, 0.29) is 18.4 Å². The monoisotopic (exact) mass is 335 g/mol. The van der Waals surface area contributed by atoms with Crippen LogP contribution in [0.1, 0.15) is 12.8 Å². The molecule has 2 atom stereocenters. The van der Waals surface area contributed by atoms with Gasteiger partial charge in [-0.3, -0.25) is 20.0 Å². The van der Waals surface area contributed by atoms with Gasteiger partial charge in [-0.15, -0.1) is 0 Å². The summed E-state index contributed by atoms with van der Waals surface area (Å²) in [6, 6.07) is 14.5. The standard InChI is InChI=1S/C19H21N5O/c25-18-15-12-24(16-9-5-7-13-6-1-2-8-14(13)16)22-17(15)20-19(21-18)23-10-3-4-11-23/h1-2,5-9,12,17,19-20,22H,3-4,10-11H2,(H,21,25). The average Bonchev–Trinajstić information content (AvgIpc) is 3.31. The maximum Gasteiger partial charge on any atom is 0.254 e. The third-order valence-corrected chi connectivity index (χ3v) is 5.23. The van der Waals surface area contributed by atoms with Crippen LogP contribution >= 0.6 is 0 Å². The van der Waals surface area contributed by atoms with Gasteiger partial charge in [0.1, 0.15) is 12.5 Å². The Balaban J connectivity index is 1.44. The quantitative estimate of drug-likeness (QED) is 0.776. The number of carbonyl (C=O) groups is 1. The Labute approximate surface area is 146 Å². The third-order valence-electron chi connectivity index (χ3n) is 5.23. The van der Waals surface area contributed by atoms with E-state index in [9.17, 15) is 4.79 Å². The number of amides is 1. The van der Waals surface area contributed by atoms with Crippen molar-refractivity contribution in [1.82, 2.24) is 21.0 Å². The molecule has 2 saturated heterocycles. The molecule has 0 radical (unpaired) electrons. The fraction of sp³-hybridized carbons (Fsp3) is 0.316. The van der Waals surface area contributed by atoms with Crippen molar-refractivity contribution < 1.29 is 4.79 Å².